The maximum absolute atomic E-state index is 12.3. The van der Waals surface area contributed by atoms with Crippen molar-refractivity contribution in [3.63, 3.8) is 0 Å². The molecule has 7 nitrogen and oxygen atoms in total. The Labute approximate surface area is 148 Å². The van der Waals surface area contributed by atoms with Gasteiger partial charge >= 0.3 is 6.09 Å². The molecular weight excluding hydrogens is 322 g/mol. The number of benzene rings is 1. The Morgan fingerprint density at radius 2 is 1.60 bits per heavy atom. The summed E-state index contributed by atoms with van der Waals surface area (Å²) >= 11 is 0. The molecule has 0 saturated heterocycles. The third-order valence-corrected chi connectivity index (χ3v) is 3.62. The van der Waals surface area contributed by atoms with Crippen LogP contribution in [0.15, 0.2) is 24.3 Å². The maximum atomic E-state index is 12.3. The topological polar surface area (TPSA) is 96.5 Å². The third-order valence-electron chi connectivity index (χ3n) is 3.62. The van der Waals surface area contributed by atoms with E-state index in [0.717, 1.165) is 5.56 Å². The lowest BCUT2D eigenvalue weighted by Gasteiger charge is -2.21. The van der Waals surface area contributed by atoms with Crippen LogP contribution in [0.25, 0.3) is 0 Å². The maximum Gasteiger partial charge on any atom is 0.407 e. The van der Waals surface area contributed by atoms with Crippen LogP contribution in [0.3, 0.4) is 0 Å². The van der Waals surface area contributed by atoms with E-state index >= 15 is 0 Å². The molecule has 0 spiro atoms. The van der Waals surface area contributed by atoms with E-state index in [1.54, 1.807) is 12.1 Å². The molecule has 3 N–H and O–H groups in total. The molecule has 0 heterocycles. The summed E-state index contributed by atoms with van der Waals surface area (Å²) in [6.45, 7) is 7.65. The summed E-state index contributed by atoms with van der Waals surface area (Å²) in [5.74, 6) is -0.491. The van der Waals surface area contributed by atoms with Crippen LogP contribution in [0, 0.1) is 11.8 Å². The molecule has 0 aliphatic heterocycles. The Bertz CT molecular complexity index is 597. The van der Waals surface area contributed by atoms with Gasteiger partial charge in [0, 0.05) is 18.2 Å². The fourth-order valence-corrected chi connectivity index (χ4v) is 2.01. The summed E-state index contributed by atoms with van der Waals surface area (Å²) in [6.07, 6.45) is -0.640. The smallest absolute Gasteiger partial charge is 0.407 e. The summed E-state index contributed by atoms with van der Waals surface area (Å²) in [4.78, 5) is 35.2. The van der Waals surface area contributed by atoms with Gasteiger partial charge in [0.25, 0.3) is 0 Å². The molecule has 0 saturated carbocycles. The minimum absolute atomic E-state index is 0.0466. The van der Waals surface area contributed by atoms with Crippen LogP contribution in [0.2, 0.25) is 0 Å². The highest BCUT2D eigenvalue weighted by Crippen LogP contribution is 2.11. The number of alkyl carbamates (subject to hydrolysis) is 1. The van der Waals surface area contributed by atoms with Crippen molar-refractivity contribution >= 4 is 23.6 Å². The predicted octanol–water partition coefficient (Wildman–Crippen LogP) is 2.28. The summed E-state index contributed by atoms with van der Waals surface area (Å²) in [5.41, 5.74) is 1.60. The van der Waals surface area contributed by atoms with Crippen LogP contribution in [0.5, 0.6) is 0 Å². The number of hydrogen-bond acceptors (Lipinski definition) is 4. The first-order valence-electron chi connectivity index (χ1n) is 8.26. The first-order chi connectivity index (χ1) is 11.7. The Morgan fingerprint density at radius 1 is 1.00 bits per heavy atom. The SMILES string of the molecule is COC(=O)N[C@H](C(=O)NCc1ccc(NC(=O)C(C)C)cc1)C(C)C. The van der Waals surface area contributed by atoms with Crippen LogP contribution in [-0.2, 0) is 20.9 Å². The van der Waals surface area contributed by atoms with E-state index in [2.05, 4.69) is 20.7 Å². The van der Waals surface area contributed by atoms with Crippen LogP contribution in [-0.4, -0.2) is 31.1 Å². The number of hydrogen-bond donors (Lipinski definition) is 3. The average molecular weight is 349 g/mol. The number of amides is 3. The van der Waals surface area contributed by atoms with E-state index in [9.17, 15) is 14.4 Å². The van der Waals surface area contributed by atoms with Gasteiger partial charge in [-0.3, -0.25) is 9.59 Å². The molecule has 0 fully saturated rings. The van der Waals surface area contributed by atoms with Crippen molar-refractivity contribution in [1.29, 1.82) is 0 Å². The predicted molar refractivity (Wildman–Crippen MR) is 95.9 cm³/mol. The average Bonchev–Trinajstić information content (AvgIpc) is 2.58. The molecule has 1 atom stereocenters. The highest BCUT2D eigenvalue weighted by Gasteiger charge is 2.24. The van der Waals surface area contributed by atoms with E-state index < -0.39 is 12.1 Å². The zero-order chi connectivity index (χ0) is 19.0. The van der Waals surface area contributed by atoms with E-state index in [1.165, 1.54) is 7.11 Å². The minimum Gasteiger partial charge on any atom is -0.453 e. The van der Waals surface area contributed by atoms with Crippen LogP contribution in [0.4, 0.5) is 10.5 Å². The number of carbonyl (C=O) groups excluding carboxylic acids is 3. The van der Waals surface area contributed by atoms with Crippen molar-refractivity contribution in [1.82, 2.24) is 10.6 Å². The van der Waals surface area contributed by atoms with Gasteiger partial charge in [-0.1, -0.05) is 39.8 Å². The van der Waals surface area contributed by atoms with Crippen molar-refractivity contribution in [2.24, 2.45) is 11.8 Å². The largest absolute Gasteiger partial charge is 0.453 e. The zero-order valence-electron chi connectivity index (χ0n) is 15.4. The van der Waals surface area contributed by atoms with Crippen molar-refractivity contribution in [3.8, 4) is 0 Å². The van der Waals surface area contributed by atoms with E-state index in [-0.39, 0.29) is 23.7 Å². The molecular formula is C18H27N3O4. The Hall–Kier alpha value is -2.57. The van der Waals surface area contributed by atoms with Crippen molar-refractivity contribution < 1.29 is 19.1 Å². The molecule has 1 aromatic carbocycles. The van der Waals surface area contributed by atoms with Gasteiger partial charge in [-0.15, -0.1) is 0 Å². The third kappa shape index (κ3) is 6.82. The summed E-state index contributed by atoms with van der Waals surface area (Å²) in [7, 11) is 1.25. The standard InChI is InChI=1S/C18H27N3O4/c1-11(2)15(21-18(24)25-5)17(23)19-10-13-6-8-14(9-7-13)20-16(22)12(3)4/h6-9,11-12,15H,10H2,1-5H3,(H,19,23)(H,20,22)(H,21,24)/t15-/m0/s1. The van der Waals surface area contributed by atoms with Gasteiger partial charge < -0.3 is 20.7 Å². The molecule has 1 rings (SSSR count). The van der Waals surface area contributed by atoms with Gasteiger partial charge in [-0.05, 0) is 23.6 Å². The first kappa shape index (κ1) is 20.5. The molecule has 0 aromatic heterocycles. The number of methoxy groups -OCH3 is 1. The molecule has 0 unspecified atom stereocenters. The normalized spacial score (nSPS) is 11.8. The van der Waals surface area contributed by atoms with Crippen LogP contribution < -0.4 is 16.0 Å². The highest BCUT2D eigenvalue weighted by atomic mass is 16.5. The van der Waals surface area contributed by atoms with E-state index in [1.807, 2.05) is 39.8 Å². The van der Waals surface area contributed by atoms with Gasteiger partial charge in [0.1, 0.15) is 6.04 Å². The van der Waals surface area contributed by atoms with Crippen LogP contribution in [0.1, 0.15) is 33.3 Å². The second-order valence-electron chi connectivity index (χ2n) is 6.42. The number of ether oxygens (including phenoxy) is 1. The molecule has 138 valence electrons. The van der Waals surface area contributed by atoms with Gasteiger partial charge in [0.2, 0.25) is 11.8 Å². The van der Waals surface area contributed by atoms with Gasteiger partial charge in [0.05, 0.1) is 7.11 Å². The van der Waals surface area contributed by atoms with E-state index in [0.29, 0.717) is 12.2 Å². The number of nitrogens with one attached hydrogen (secondary N) is 3. The Balaban J connectivity index is 2.60. The molecule has 0 aliphatic rings. The molecule has 25 heavy (non-hydrogen) atoms. The lowest BCUT2D eigenvalue weighted by molar-refractivity contribution is -0.124. The van der Waals surface area contributed by atoms with Crippen molar-refractivity contribution in [2.75, 3.05) is 12.4 Å². The molecule has 3 amide bonds. The monoisotopic (exact) mass is 349 g/mol. The quantitative estimate of drug-likeness (QED) is 0.703. The molecule has 0 bridgehead atoms. The lowest BCUT2D eigenvalue weighted by Crippen LogP contribution is -2.49. The number of anilines is 1. The van der Waals surface area contributed by atoms with Gasteiger partial charge in [-0.25, -0.2) is 4.79 Å². The summed E-state index contributed by atoms with van der Waals surface area (Å²) in [5, 5.41) is 8.12. The van der Waals surface area contributed by atoms with E-state index in [4.69, 9.17) is 0 Å². The second-order valence-corrected chi connectivity index (χ2v) is 6.42. The van der Waals surface area contributed by atoms with Gasteiger partial charge in [-0.2, -0.15) is 0 Å². The minimum atomic E-state index is -0.669. The Kier molecular flexibility index (Phi) is 7.91. The lowest BCUT2D eigenvalue weighted by atomic mass is 10.0. The van der Waals surface area contributed by atoms with Crippen molar-refractivity contribution in [2.45, 2.75) is 40.3 Å². The Morgan fingerprint density at radius 3 is 2.08 bits per heavy atom. The number of carbonyl (C=O) groups is 3. The van der Waals surface area contributed by atoms with Crippen LogP contribution >= 0.6 is 0 Å². The second kappa shape index (κ2) is 9.66. The summed E-state index contributed by atoms with van der Waals surface area (Å²) < 4.78 is 4.54. The highest BCUT2D eigenvalue weighted by molar-refractivity contribution is 5.92. The first-order valence-corrected chi connectivity index (χ1v) is 8.26. The number of rotatable bonds is 7. The van der Waals surface area contributed by atoms with Gasteiger partial charge in [0.15, 0.2) is 0 Å². The fraction of sp³-hybridized carbons (Fsp3) is 0.500. The molecule has 7 heteroatoms. The summed E-state index contributed by atoms with van der Waals surface area (Å²) in [6, 6.07) is 6.56. The molecule has 0 aliphatic carbocycles. The molecule has 1 aromatic rings. The zero-order valence-corrected chi connectivity index (χ0v) is 15.4. The molecule has 0 radical (unpaired) electrons. The fourth-order valence-electron chi connectivity index (χ4n) is 2.01. The van der Waals surface area contributed by atoms with Crippen molar-refractivity contribution in [3.05, 3.63) is 29.8 Å².